The first-order valence-electron chi connectivity index (χ1n) is 5.26. The van der Waals surface area contributed by atoms with Crippen LogP contribution in [0.5, 0.6) is 0 Å². The predicted molar refractivity (Wildman–Crippen MR) is 66.7 cm³/mol. The van der Waals surface area contributed by atoms with Gasteiger partial charge >= 0.3 is 0 Å². The molecule has 0 saturated heterocycles. The van der Waals surface area contributed by atoms with Crippen LogP contribution in [0.4, 0.5) is 0 Å². The highest BCUT2D eigenvalue weighted by Gasteiger charge is 1.89. The van der Waals surface area contributed by atoms with E-state index in [-0.39, 0.29) is 0 Å². The van der Waals surface area contributed by atoms with Gasteiger partial charge in [-0.3, -0.25) is 0 Å². The van der Waals surface area contributed by atoms with Crippen molar-refractivity contribution in [3.05, 3.63) is 0 Å². The largest absolute Gasteiger partial charge is 0.380 e. The quantitative estimate of drug-likeness (QED) is 0.380. The molecule has 0 aliphatic rings. The van der Waals surface area contributed by atoms with Crippen molar-refractivity contribution in [3.8, 4) is 0 Å². The molecular formula is C10H22INO. The molecule has 80 valence electrons. The van der Waals surface area contributed by atoms with Gasteiger partial charge in [0.15, 0.2) is 0 Å². The van der Waals surface area contributed by atoms with E-state index in [9.17, 15) is 0 Å². The molecule has 0 rings (SSSR count). The maximum Gasteiger partial charge on any atom is 0.0590 e. The van der Waals surface area contributed by atoms with Gasteiger partial charge in [0.05, 0.1) is 6.61 Å². The van der Waals surface area contributed by atoms with Crippen molar-refractivity contribution in [2.24, 2.45) is 0 Å². The molecular weight excluding hydrogens is 277 g/mol. The van der Waals surface area contributed by atoms with Gasteiger partial charge in [-0.1, -0.05) is 35.9 Å². The van der Waals surface area contributed by atoms with Gasteiger partial charge in [-0.25, -0.2) is 0 Å². The normalized spacial score (nSPS) is 10.6. The Balaban J connectivity index is 2.76. The number of nitrogens with one attached hydrogen (secondary N) is 1. The molecule has 0 aliphatic heterocycles. The van der Waals surface area contributed by atoms with E-state index in [0.717, 1.165) is 32.7 Å². The van der Waals surface area contributed by atoms with Crippen LogP contribution in [-0.2, 0) is 4.74 Å². The van der Waals surface area contributed by atoms with E-state index in [1.807, 2.05) is 0 Å². The Labute approximate surface area is 95.9 Å². The molecule has 13 heavy (non-hydrogen) atoms. The first kappa shape index (κ1) is 13.7. The first-order valence-corrected chi connectivity index (χ1v) is 6.78. The van der Waals surface area contributed by atoms with Gasteiger partial charge in [0.1, 0.15) is 0 Å². The average molecular weight is 299 g/mol. The zero-order valence-electron chi connectivity index (χ0n) is 8.65. The van der Waals surface area contributed by atoms with Gasteiger partial charge in [0.25, 0.3) is 0 Å². The van der Waals surface area contributed by atoms with E-state index in [1.54, 1.807) is 0 Å². The van der Waals surface area contributed by atoms with Gasteiger partial charge in [-0.15, -0.1) is 0 Å². The van der Waals surface area contributed by atoms with E-state index in [4.69, 9.17) is 4.74 Å². The summed E-state index contributed by atoms with van der Waals surface area (Å²) < 4.78 is 6.64. The Bertz CT molecular complexity index is 81.0. The van der Waals surface area contributed by atoms with Gasteiger partial charge in [0.2, 0.25) is 0 Å². The van der Waals surface area contributed by atoms with Gasteiger partial charge in [-0.05, 0) is 30.2 Å². The van der Waals surface area contributed by atoms with Crippen LogP contribution in [0.15, 0.2) is 0 Å². The third kappa shape index (κ3) is 12.6. The molecule has 0 radical (unpaired) electrons. The number of hydrogen-bond acceptors (Lipinski definition) is 2. The van der Waals surface area contributed by atoms with Crippen molar-refractivity contribution in [2.75, 3.05) is 30.7 Å². The summed E-state index contributed by atoms with van der Waals surface area (Å²) in [5.41, 5.74) is 0. The fourth-order valence-corrected chi connectivity index (χ4v) is 1.58. The zero-order chi connectivity index (χ0) is 9.78. The second-order valence-corrected chi connectivity index (χ2v) is 4.19. The lowest BCUT2D eigenvalue weighted by molar-refractivity contribution is 0.136. The van der Waals surface area contributed by atoms with Crippen molar-refractivity contribution < 1.29 is 4.74 Å². The van der Waals surface area contributed by atoms with Gasteiger partial charge in [0, 0.05) is 13.2 Å². The molecule has 0 saturated carbocycles. The summed E-state index contributed by atoms with van der Waals surface area (Å²) in [6, 6.07) is 0. The molecule has 0 unspecified atom stereocenters. The second kappa shape index (κ2) is 12.7. The molecule has 3 heteroatoms. The molecule has 2 nitrogen and oxygen atoms in total. The first-order chi connectivity index (χ1) is 6.41. The lowest BCUT2D eigenvalue weighted by Gasteiger charge is -2.04. The number of ether oxygens (including phenoxy) is 1. The van der Waals surface area contributed by atoms with Crippen molar-refractivity contribution in [1.82, 2.24) is 5.32 Å². The van der Waals surface area contributed by atoms with Crippen LogP contribution in [0.25, 0.3) is 0 Å². The monoisotopic (exact) mass is 299 g/mol. The van der Waals surface area contributed by atoms with Crippen molar-refractivity contribution in [2.45, 2.75) is 32.6 Å². The maximum absolute atomic E-state index is 5.35. The average Bonchev–Trinajstić information content (AvgIpc) is 2.16. The molecule has 0 aliphatic carbocycles. The van der Waals surface area contributed by atoms with Crippen molar-refractivity contribution in [3.63, 3.8) is 0 Å². The van der Waals surface area contributed by atoms with Crippen LogP contribution in [-0.4, -0.2) is 30.7 Å². The standard InChI is InChI=1S/C10H22INO/c1-2-9-13-10-8-12-7-5-3-4-6-11/h12H,2-10H2,1H3. The van der Waals surface area contributed by atoms with Crippen LogP contribution < -0.4 is 5.32 Å². The van der Waals surface area contributed by atoms with Crippen LogP contribution in [0.3, 0.4) is 0 Å². The lowest BCUT2D eigenvalue weighted by Crippen LogP contribution is -2.21. The molecule has 0 aromatic heterocycles. The maximum atomic E-state index is 5.35. The summed E-state index contributed by atoms with van der Waals surface area (Å²) in [5.74, 6) is 0. The van der Waals surface area contributed by atoms with E-state index >= 15 is 0 Å². The van der Waals surface area contributed by atoms with Crippen LogP contribution in [0.1, 0.15) is 32.6 Å². The Hall–Kier alpha value is 0.650. The van der Waals surface area contributed by atoms with E-state index in [1.165, 1.54) is 23.7 Å². The zero-order valence-corrected chi connectivity index (χ0v) is 10.8. The molecule has 0 bridgehead atoms. The highest BCUT2D eigenvalue weighted by molar-refractivity contribution is 14.1. The molecule has 0 atom stereocenters. The second-order valence-electron chi connectivity index (χ2n) is 3.11. The van der Waals surface area contributed by atoms with E-state index in [0.29, 0.717) is 0 Å². The minimum absolute atomic E-state index is 0.861. The number of halogens is 1. The smallest absolute Gasteiger partial charge is 0.0590 e. The van der Waals surface area contributed by atoms with Crippen LogP contribution in [0, 0.1) is 0 Å². The summed E-state index contributed by atoms with van der Waals surface area (Å²) in [7, 11) is 0. The molecule has 0 aromatic carbocycles. The highest BCUT2D eigenvalue weighted by atomic mass is 127. The summed E-state index contributed by atoms with van der Waals surface area (Å²) in [6.45, 7) is 6.05. The van der Waals surface area contributed by atoms with Gasteiger partial charge < -0.3 is 10.1 Å². The number of hydrogen-bond donors (Lipinski definition) is 1. The molecule has 0 amide bonds. The number of rotatable bonds is 10. The van der Waals surface area contributed by atoms with Gasteiger partial charge in [-0.2, -0.15) is 0 Å². The Kier molecular flexibility index (Phi) is 13.3. The Morgan fingerprint density at radius 2 is 1.92 bits per heavy atom. The lowest BCUT2D eigenvalue weighted by atomic mass is 10.2. The Morgan fingerprint density at radius 3 is 2.62 bits per heavy atom. The molecule has 0 aromatic rings. The number of alkyl halides is 1. The third-order valence-electron chi connectivity index (χ3n) is 1.76. The van der Waals surface area contributed by atoms with Crippen molar-refractivity contribution in [1.29, 1.82) is 0 Å². The van der Waals surface area contributed by atoms with E-state index in [2.05, 4.69) is 34.8 Å². The molecule has 0 heterocycles. The van der Waals surface area contributed by atoms with Crippen LogP contribution in [0.2, 0.25) is 0 Å². The highest BCUT2D eigenvalue weighted by Crippen LogP contribution is 1.97. The summed E-state index contributed by atoms with van der Waals surface area (Å²) in [5, 5.41) is 3.38. The topological polar surface area (TPSA) is 21.3 Å². The predicted octanol–water partition coefficient (Wildman–Crippen LogP) is 2.61. The Morgan fingerprint density at radius 1 is 1.08 bits per heavy atom. The van der Waals surface area contributed by atoms with Crippen LogP contribution >= 0.6 is 22.6 Å². The summed E-state index contributed by atoms with van der Waals surface area (Å²) in [6.07, 6.45) is 5.13. The fraction of sp³-hybridized carbons (Fsp3) is 1.00. The fourth-order valence-electron chi connectivity index (χ4n) is 1.04. The third-order valence-corrected chi connectivity index (χ3v) is 2.52. The SMILES string of the molecule is CCCOCCNCCCCCI. The minimum Gasteiger partial charge on any atom is -0.380 e. The molecule has 0 fully saturated rings. The van der Waals surface area contributed by atoms with E-state index < -0.39 is 0 Å². The summed E-state index contributed by atoms with van der Waals surface area (Å²) in [4.78, 5) is 0. The number of unbranched alkanes of at least 4 members (excludes halogenated alkanes) is 2. The molecule has 1 N–H and O–H groups in total. The minimum atomic E-state index is 0.861. The summed E-state index contributed by atoms with van der Waals surface area (Å²) >= 11 is 2.43. The molecule has 0 spiro atoms. The van der Waals surface area contributed by atoms with Crippen molar-refractivity contribution >= 4 is 22.6 Å².